The van der Waals surface area contributed by atoms with Gasteiger partial charge in [0.1, 0.15) is 5.75 Å². The van der Waals surface area contributed by atoms with Gasteiger partial charge in [0.15, 0.2) is 0 Å². The molecule has 104 valence electrons. The Balaban J connectivity index is 1.73. The Bertz CT molecular complexity index is 427. The second kappa shape index (κ2) is 5.51. The molecular formula is C16H24N2O. The molecule has 2 atom stereocenters. The first-order valence-electron chi connectivity index (χ1n) is 7.40. The van der Waals surface area contributed by atoms with E-state index in [9.17, 15) is 0 Å². The van der Waals surface area contributed by atoms with Crippen LogP contribution >= 0.6 is 0 Å². The molecule has 2 heterocycles. The van der Waals surface area contributed by atoms with Crippen molar-refractivity contribution in [1.82, 2.24) is 10.2 Å². The largest absolute Gasteiger partial charge is 0.493 e. The van der Waals surface area contributed by atoms with Crippen molar-refractivity contribution in [3.05, 3.63) is 29.8 Å². The zero-order valence-corrected chi connectivity index (χ0v) is 11.9. The van der Waals surface area contributed by atoms with Crippen molar-refractivity contribution in [3.8, 4) is 5.75 Å². The second-order valence-corrected chi connectivity index (χ2v) is 6.05. The van der Waals surface area contributed by atoms with Crippen LogP contribution in [0.1, 0.15) is 31.4 Å². The molecule has 0 bridgehead atoms. The summed E-state index contributed by atoms with van der Waals surface area (Å²) in [5.41, 5.74) is 1.33. The van der Waals surface area contributed by atoms with Crippen LogP contribution in [0.3, 0.4) is 0 Å². The van der Waals surface area contributed by atoms with Crippen molar-refractivity contribution in [3.63, 3.8) is 0 Å². The topological polar surface area (TPSA) is 24.5 Å². The van der Waals surface area contributed by atoms with Crippen LogP contribution in [-0.4, -0.2) is 37.7 Å². The molecule has 0 saturated carbocycles. The van der Waals surface area contributed by atoms with E-state index in [2.05, 4.69) is 48.5 Å². The van der Waals surface area contributed by atoms with Crippen molar-refractivity contribution in [2.75, 3.05) is 26.7 Å². The van der Waals surface area contributed by atoms with Gasteiger partial charge in [-0.05, 0) is 39.0 Å². The molecule has 2 aliphatic heterocycles. The third kappa shape index (κ3) is 2.77. The highest BCUT2D eigenvalue weighted by atomic mass is 16.5. The highest BCUT2D eigenvalue weighted by molar-refractivity contribution is 5.38. The van der Waals surface area contributed by atoms with Gasteiger partial charge < -0.3 is 15.0 Å². The predicted octanol–water partition coefficient (Wildman–Crippen LogP) is 2.44. The summed E-state index contributed by atoms with van der Waals surface area (Å²) in [5.74, 6) is 1.60. The van der Waals surface area contributed by atoms with Crippen molar-refractivity contribution in [2.45, 2.75) is 31.8 Å². The average molecular weight is 260 g/mol. The first-order chi connectivity index (χ1) is 9.24. The molecule has 3 heteroatoms. The van der Waals surface area contributed by atoms with Gasteiger partial charge in [-0.25, -0.2) is 0 Å². The van der Waals surface area contributed by atoms with Gasteiger partial charge in [0.2, 0.25) is 0 Å². The summed E-state index contributed by atoms with van der Waals surface area (Å²) in [6.07, 6.45) is 2.51. The van der Waals surface area contributed by atoms with E-state index in [1.165, 1.54) is 31.5 Å². The average Bonchev–Trinajstić information content (AvgIpc) is 2.44. The van der Waals surface area contributed by atoms with Crippen LogP contribution in [0.25, 0.3) is 0 Å². The fraction of sp³-hybridized carbons (Fsp3) is 0.625. The summed E-state index contributed by atoms with van der Waals surface area (Å²) in [7, 11) is 2.21. The molecule has 1 fully saturated rings. The fourth-order valence-corrected chi connectivity index (χ4v) is 3.18. The number of para-hydroxylation sites is 1. The quantitative estimate of drug-likeness (QED) is 0.884. The molecule has 3 nitrogen and oxygen atoms in total. The minimum atomic E-state index is 0.443. The Morgan fingerprint density at radius 3 is 2.74 bits per heavy atom. The second-order valence-electron chi connectivity index (χ2n) is 6.05. The van der Waals surface area contributed by atoms with E-state index in [1.54, 1.807) is 0 Å². The number of hydrogen-bond acceptors (Lipinski definition) is 3. The van der Waals surface area contributed by atoms with Crippen LogP contribution in [-0.2, 0) is 0 Å². The number of hydrogen-bond donors (Lipinski definition) is 1. The van der Waals surface area contributed by atoms with Crippen molar-refractivity contribution < 1.29 is 4.74 Å². The number of nitrogens with zero attached hydrogens (tertiary/aromatic N) is 1. The molecule has 1 aromatic rings. The molecule has 1 aromatic carbocycles. The highest BCUT2D eigenvalue weighted by Crippen LogP contribution is 2.35. The molecule has 19 heavy (non-hydrogen) atoms. The van der Waals surface area contributed by atoms with E-state index in [0.717, 1.165) is 12.4 Å². The first kappa shape index (κ1) is 12.9. The van der Waals surface area contributed by atoms with E-state index in [0.29, 0.717) is 18.0 Å². The summed E-state index contributed by atoms with van der Waals surface area (Å²) in [4.78, 5) is 2.42. The van der Waals surface area contributed by atoms with Crippen LogP contribution in [0.2, 0.25) is 0 Å². The molecule has 2 unspecified atom stereocenters. The lowest BCUT2D eigenvalue weighted by Crippen LogP contribution is -2.45. The van der Waals surface area contributed by atoms with Gasteiger partial charge >= 0.3 is 0 Å². The molecule has 1 saturated heterocycles. The van der Waals surface area contributed by atoms with Crippen LogP contribution in [0.4, 0.5) is 0 Å². The maximum absolute atomic E-state index is 5.82. The monoisotopic (exact) mass is 260 g/mol. The molecule has 2 aliphatic rings. The molecule has 0 aliphatic carbocycles. The minimum Gasteiger partial charge on any atom is -0.493 e. The molecule has 0 spiro atoms. The van der Waals surface area contributed by atoms with E-state index in [4.69, 9.17) is 4.74 Å². The lowest BCUT2D eigenvalue weighted by Gasteiger charge is -2.37. The lowest BCUT2D eigenvalue weighted by atomic mass is 9.90. The van der Waals surface area contributed by atoms with Crippen LogP contribution in [0, 0.1) is 5.92 Å². The van der Waals surface area contributed by atoms with Gasteiger partial charge in [0.25, 0.3) is 0 Å². The fourth-order valence-electron chi connectivity index (χ4n) is 3.18. The third-order valence-electron chi connectivity index (χ3n) is 4.46. The Morgan fingerprint density at radius 1 is 1.21 bits per heavy atom. The number of nitrogens with one attached hydrogen (secondary N) is 1. The van der Waals surface area contributed by atoms with Crippen molar-refractivity contribution in [1.29, 1.82) is 0 Å². The molecule has 1 N–H and O–H groups in total. The summed E-state index contributed by atoms with van der Waals surface area (Å²) in [5, 5.41) is 3.88. The van der Waals surface area contributed by atoms with Crippen molar-refractivity contribution in [2.24, 2.45) is 5.92 Å². The number of rotatable bonds is 2. The van der Waals surface area contributed by atoms with Gasteiger partial charge in [-0.1, -0.05) is 25.1 Å². The van der Waals surface area contributed by atoms with Gasteiger partial charge in [-0.15, -0.1) is 0 Å². The van der Waals surface area contributed by atoms with Crippen LogP contribution in [0.15, 0.2) is 24.3 Å². The lowest BCUT2D eigenvalue weighted by molar-refractivity contribution is 0.160. The Labute approximate surface area is 115 Å². The Morgan fingerprint density at radius 2 is 1.95 bits per heavy atom. The Kier molecular flexibility index (Phi) is 3.76. The van der Waals surface area contributed by atoms with E-state index in [-0.39, 0.29) is 0 Å². The van der Waals surface area contributed by atoms with Gasteiger partial charge in [0, 0.05) is 23.6 Å². The number of fused-ring (bicyclic) bond motifs is 1. The summed E-state index contributed by atoms with van der Waals surface area (Å²) in [6.45, 7) is 5.51. The standard InChI is InChI=1S/C16H24N2O/c1-12-11-19-15-6-4-3-5-14(15)16(12)17-13-7-9-18(2)10-8-13/h3-6,12-13,16-17H,7-11H2,1-2H3. The van der Waals surface area contributed by atoms with Gasteiger partial charge in [-0.2, -0.15) is 0 Å². The molecule has 0 aromatic heterocycles. The first-order valence-corrected chi connectivity index (χ1v) is 7.40. The summed E-state index contributed by atoms with van der Waals surface area (Å²) < 4.78 is 5.82. The van der Waals surface area contributed by atoms with E-state index in [1.807, 2.05) is 0 Å². The maximum Gasteiger partial charge on any atom is 0.124 e. The maximum atomic E-state index is 5.82. The third-order valence-corrected chi connectivity index (χ3v) is 4.46. The van der Waals surface area contributed by atoms with Crippen molar-refractivity contribution >= 4 is 0 Å². The Hall–Kier alpha value is -1.06. The van der Waals surface area contributed by atoms with Crippen LogP contribution in [0.5, 0.6) is 5.75 Å². The number of piperidine rings is 1. The molecule has 3 rings (SSSR count). The zero-order valence-electron chi connectivity index (χ0n) is 11.9. The number of benzene rings is 1. The van der Waals surface area contributed by atoms with Crippen LogP contribution < -0.4 is 10.1 Å². The summed E-state index contributed by atoms with van der Waals surface area (Å²) in [6, 6.07) is 9.56. The molecule has 0 amide bonds. The molecular weight excluding hydrogens is 236 g/mol. The molecule has 0 radical (unpaired) electrons. The number of ether oxygens (including phenoxy) is 1. The van der Waals surface area contributed by atoms with E-state index < -0.39 is 0 Å². The zero-order chi connectivity index (χ0) is 13.2. The van der Waals surface area contributed by atoms with Gasteiger partial charge in [-0.3, -0.25) is 0 Å². The predicted molar refractivity (Wildman–Crippen MR) is 77.5 cm³/mol. The van der Waals surface area contributed by atoms with E-state index >= 15 is 0 Å². The SMILES string of the molecule is CC1COc2ccccc2C1NC1CCN(C)CC1. The highest BCUT2D eigenvalue weighted by Gasteiger charge is 2.30. The summed E-state index contributed by atoms with van der Waals surface area (Å²) >= 11 is 0. The normalized spacial score (nSPS) is 28.7. The van der Waals surface area contributed by atoms with Gasteiger partial charge in [0.05, 0.1) is 6.61 Å². The smallest absolute Gasteiger partial charge is 0.124 e. The number of likely N-dealkylation sites (tertiary alicyclic amines) is 1. The minimum absolute atomic E-state index is 0.443.